The van der Waals surface area contributed by atoms with Crippen LogP contribution in [-0.4, -0.2) is 58.3 Å². The highest BCUT2D eigenvalue weighted by atomic mass is 16.5. The van der Waals surface area contributed by atoms with Gasteiger partial charge < -0.3 is 25.2 Å². The topological polar surface area (TPSA) is 99.1 Å². The average molecular weight is 653 g/mol. The molecule has 0 saturated heterocycles. The number of amides is 2. The van der Waals surface area contributed by atoms with Crippen LogP contribution in [-0.2, 0) is 6.54 Å². The lowest BCUT2D eigenvalue weighted by Gasteiger charge is -2.71. The summed E-state index contributed by atoms with van der Waals surface area (Å²) >= 11 is 0. The van der Waals surface area contributed by atoms with Crippen molar-refractivity contribution in [3.8, 4) is 5.75 Å². The van der Waals surface area contributed by atoms with Gasteiger partial charge in [-0.2, -0.15) is 0 Å². The number of hydrogen-bond acceptors (Lipinski definition) is 5. The number of aliphatic hydroxyl groups is 2. The Balaban J connectivity index is 1.31. The van der Waals surface area contributed by atoms with Crippen molar-refractivity contribution in [3.05, 3.63) is 89.5 Å². The van der Waals surface area contributed by atoms with Gasteiger partial charge in [0.1, 0.15) is 5.75 Å². The fraction of sp³-hybridized carbons (Fsp3) is 0.561. The van der Waals surface area contributed by atoms with Crippen molar-refractivity contribution in [3.63, 3.8) is 0 Å². The van der Waals surface area contributed by atoms with E-state index >= 15 is 0 Å². The fourth-order valence-electron chi connectivity index (χ4n) is 11.2. The minimum Gasteiger partial charge on any atom is -0.497 e. The quantitative estimate of drug-likeness (QED) is 0.209. The average Bonchev–Trinajstić information content (AvgIpc) is 3.34. The van der Waals surface area contributed by atoms with Gasteiger partial charge in [-0.1, -0.05) is 62.4 Å². The summed E-state index contributed by atoms with van der Waals surface area (Å²) in [5.41, 5.74) is -0.264. The highest BCUT2D eigenvalue weighted by Gasteiger charge is 2.74. The Morgan fingerprint density at radius 3 is 2.29 bits per heavy atom. The normalized spacial score (nSPS) is 37.7. The van der Waals surface area contributed by atoms with Gasteiger partial charge in [0.15, 0.2) is 5.78 Å². The number of fused-ring (bicyclic) bond motifs is 1. The molecule has 8 atom stereocenters. The largest absolute Gasteiger partial charge is 0.497 e. The Bertz CT molecular complexity index is 1640. The predicted molar refractivity (Wildman–Crippen MR) is 186 cm³/mol. The summed E-state index contributed by atoms with van der Waals surface area (Å²) in [6.07, 6.45) is 11.8. The number of Topliss-reactive ketones (excluding diaryl/α,β-unsaturated/α-hetero) is 1. The van der Waals surface area contributed by atoms with Gasteiger partial charge in [-0.3, -0.25) is 4.79 Å². The minimum atomic E-state index is -1.14. The summed E-state index contributed by atoms with van der Waals surface area (Å²) in [6.45, 7) is 9.16. The second-order valence-corrected chi connectivity index (χ2v) is 16.3. The summed E-state index contributed by atoms with van der Waals surface area (Å²) in [6, 6.07) is 17.2. The Morgan fingerprint density at radius 2 is 1.60 bits per heavy atom. The van der Waals surface area contributed by atoms with Gasteiger partial charge in [-0.25, -0.2) is 4.79 Å². The zero-order valence-corrected chi connectivity index (χ0v) is 29.2. The molecule has 2 amide bonds. The highest BCUT2D eigenvalue weighted by Crippen LogP contribution is 2.78. The van der Waals surface area contributed by atoms with Gasteiger partial charge in [0, 0.05) is 40.0 Å². The molecule has 2 bridgehead atoms. The molecule has 0 heterocycles. The molecule has 2 aromatic carbocycles. The molecule has 48 heavy (non-hydrogen) atoms. The molecule has 2 aromatic rings. The maximum atomic E-state index is 14.8. The fourth-order valence-corrected chi connectivity index (χ4v) is 11.2. The zero-order chi connectivity index (χ0) is 34.1. The Morgan fingerprint density at radius 1 is 0.938 bits per heavy atom. The smallest absolute Gasteiger partial charge is 0.317 e. The van der Waals surface area contributed by atoms with Gasteiger partial charge in [0.05, 0.1) is 25.4 Å². The number of ether oxygens (including phenoxy) is 1. The number of urea groups is 1. The van der Waals surface area contributed by atoms with Crippen molar-refractivity contribution in [1.82, 2.24) is 10.2 Å². The predicted octanol–water partition coefficient (Wildman–Crippen LogP) is 7.09. The van der Waals surface area contributed by atoms with Crippen LogP contribution in [0.4, 0.5) is 4.79 Å². The van der Waals surface area contributed by atoms with E-state index in [1.807, 2.05) is 68.4 Å². The molecule has 6 aliphatic rings. The number of nitrogens with zero attached hydrogens (tertiary/aromatic N) is 1. The van der Waals surface area contributed by atoms with E-state index in [1.165, 1.54) is 0 Å². The second kappa shape index (κ2) is 11.6. The van der Waals surface area contributed by atoms with Crippen molar-refractivity contribution < 1.29 is 24.5 Å². The van der Waals surface area contributed by atoms with Gasteiger partial charge in [-0.15, -0.1) is 0 Å². The van der Waals surface area contributed by atoms with Crippen LogP contribution in [0.3, 0.4) is 0 Å². The summed E-state index contributed by atoms with van der Waals surface area (Å²) < 4.78 is 5.40. The van der Waals surface area contributed by atoms with Crippen LogP contribution in [0.15, 0.2) is 78.4 Å². The lowest BCUT2D eigenvalue weighted by molar-refractivity contribution is -0.174. The number of ketones is 1. The first-order valence-electron chi connectivity index (χ1n) is 17.9. The molecule has 7 heteroatoms. The van der Waals surface area contributed by atoms with Crippen molar-refractivity contribution in [2.75, 3.05) is 13.7 Å². The molecule has 6 aliphatic carbocycles. The number of carbonyl (C=O) groups excluding carboxylic acids is 2. The molecule has 0 aromatic heterocycles. The van der Waals surface area contributed by atoms with Crippen LogP contribution in [0.1, 0.15) is 88.6 Å². The van der Waals surface area contributed by atoms with Crippen molar-refractivity contribution in [1.29, 1.82) is 0 Å². The Kier molecular flexibility index (Phi) is 7.99. The Labute approximate surface area is 285 Å². The van der Waals surface area contributed by atoms with Crippen LogP contribution in [0.2, 0.25) is 0 Å². The number of benzene rings is 2. The SMILES string of the molecule is COc1ccc(C(=O)C2=CC34C=CC25C(CCC2(C)C5CCC2(O)CN(Cc2ccccc2)C(=O)NC(C)C)C3(C)CCC(O)C4)cc1. The first-order valence-corrected chi connectivity index (χ1v) is 17.9. The molecule has 3 saturated carbocycles. The van der Waals surface area contributed by atoms with E-state index in [2.05, 4.69) is 37.4 Å². The van der Waals surface area contributed by atoms with E-state index in [4.69, 9.17) is 4.74 Å². The first-order chi connectivity index (χ1) is 22.8. The van der Waals surface area contributed by atoms with E-state index in [0.717, 1.165) is 43.2 Å². The van der Waals surface area contributed by atoms with E-state index in [0.29, 0.717) is 30.7 Å². The molecule has 8 unspecified atom stereocenters. The van der Waals surface area contributed by atoms with Crippen LogP contribution >= 0.6 is 0 Å². The summed E-state index contributed by atoms with van der Waals surface area (Å²) in [5.74, 6) is 0.938. The molecule has 7 nitrogen and oxygen atoms in total. The van der Waals surface area contributed by atoms with Crippen molar-refractivity contribution >= 4 is 11.8 Å². The molecule has 3 N–H and O–H groups in total. The summed E-state index contributed by atoms with van der Waals surface area (Å²) in [4.78, 5) is 30.3. The molecular weight excluding hydrogens is 600 g/mol. The van der Waals surface area contributed by atoms with E-state index in [-0.39, 0.29) is 41.7 Å². The van der Waals surface area contributed by atoms with Gasteiger partial charge in [-0.05, 0) is 106 Å². The van der Waals surface area contributed by atoms with E-state index < -0.39 is 27.9 Å². The first kappa shape index (κ1) is 33.1. The number of carbonyl (C=O) groups is 2. The molecule has 256 valence electrons. The molecule has 8 rings (SSSR count). The maximum Gasteiger partial charge on any atom is 0.317 e. The van der Waals surface area contributed by atoms with Crippen molar-refractivity contribution in [2.24, 2.45) is 33.5 Å². The summed E-state index contributed by atoms with van der Waals surface area (Å²) in [7, 11) is 1.62. The van der Waals surface area contributed by atoms with Crippen LogP contribution in [0, 0.1) is 33.5 Å². The maximum absolute atomic E-state index is 14.8. The monoisotopic (exact) mass is 652 g/mol. The zero-order valence-electron chi connectivity index (χ0n) is 29.2. The Hall–Kier alpha value is -3.42. The number of methoxy groups -OCH3 is 1. The lowest BCUT2D eigenvalue weighted by Crippen LogP contribution is -2.67. The third kappa shape index (κ3) is 4.74. The standard InChI is InChI=1S/C41H52N2O5/c1-27(2)42-36(46)43(25-28-9-7-6-8-10-28)26-40(47)20-17-34-38(40,4)19-16-33-37(3)18-15-30(44)23-39(37)21-22-41(33,34)32(24-39)35(45)29-11-13-31(48-5)14-12-29/h6-14,21-22,24,27,30,33-34,44,47H,15-20,23,25-26H2,1-5H3,(H,42,46). The van der Waals surface area contributed by atoms with Gasteiger partial charge in [0.2, 0.25) is 0 Å². The van der Waals surface area contributed by atoms with Crippen molar-refractivity contribution in [2.45, 2.75) is 96.9 Å². The van der Waals surface area contributed by atoms with Crippen LogP contribution in [0.25, 0.3) is 0 Å². The number of hydrogen-bond donors (Lipinski definition) is 3. The van der Waals surface area contributed by atoms with E-state index in [9.17, 15) is 19.8 Å². The lowest BCUT2D eigenvalue weighted by atomic mass is 9.32. The highest BCUT2D eigenvalue weighted by molar-refractivity contribution is 6.10. The minimum absolute atomic E-state index is 0.00663. The van der Waals surface area contributed by atoms with E-state index in [1.54, 1.807) is 12.0 Å². The number of allylic oxidation sites excluding steroid dienone is 4. The third-order valence-corrected chi connectivity index (χ3v) is 13.7. The molecule has 0 radical (unpaired) electrons. The van der Waals surface area contributed by atoms with Gasteiger partial charge >= 0.3 is 6.03 Å². The molecule has 2 spiro atoms. The molecule has 0 aliphatic heterocycles. The summed E-state index contributed by atoms with van der Waals surface area (Å²) in [5, 5.41) is 27.0. The van der Waals surface area contributed by atoms with Gasteiger partial charge in [0.25, 0.3) is 0 Å². The second-order valence-electron chi connectivity index (χ2n) is 16.3. The van der Waals surface area contributed by atoms with Crippen LogP contribution < -0.4 is 10.1 Å². The molecule has 3 fully saturated rings. The molecular formula is C41H52N2O5. The van der Waals surface area contributed by atoms with Crippen LogP contribution in [0.5, 0.6) is 5.75 Å². The third-order valence-electron chi connectivity index (χ3n) is 13.7. The number of aliphatic hydroxyl groups excluding tert-OH is 1. The number of rotatable bonds is 8. The number of nitrogens with one attached hydrogen (secondary N) is 1.